The maximum atomic E-state index is 12.1. The second-order valence-electron chi connectivity index (χ2n) is 4.74. The fourth-order valence-corrected chi connectivity index (χ4v) is 2.47. The summed E-state index contributed by atoms with van der Waals surface area (Å²) >= 11 is 9.57. The van der Waals surface area contributed by atoms with E-state index in [1.54, 1.807) is 6.07 Å². The average Bonchev–Trinajstić information content (AvgIpc) is 2.38. The van der Waals surface area contributed by atoms with E-state index in [9.17, 15) is 4.79 Å². The summed E-state index contributed by atoms with van der Waals surface area (Å²) in [6.07, 6.45) is 0.272. The van der Waals surface area contributed by atoms with Crippen LogP contribution in [0.25, 0.3) is 0 Å². The smallest absolute Gasteiger partial charge is 0.228 e. The maximum absolute atomic E-state index is 12.1. The van der Waals surface area contributed by atoms with E-state index in [2.05, 4.69) is 21.2 Å². The Kier molecular flexibility index (Phi) is 4.84. The van der Waals surface area contributed by atoms with E-state index in [4.69, 9.17) is 11.6 Å². The molecule has 20 heavy (non-hydrogen) atoms. The maximum Gasteiger partial charge on any atom is 0.228 e. The first kappa shape index (κ1) is 15.1. The summed E-state index contributed by atoms with van der Waals surface area (Å²) in [5.41, 5.74) is 3.83. The summed E-state index contributed by atoms with van der Waals surface area (Å²) in [7, 11) is 0. The Labute approximate surface area is 132 Å². The van der Waals surface area contributed by atoms with Crippen LogP contribution in [0.1, 0.15) is 16.7 Å². The number of halogens is 2. The van der Waals surface area contributed by atoms with Gasteiger partial charge >= 0.3 is 0 Å². The van der Waals surface area contributed by atoms with Crippen LogP contribution >= 0.6 is 27.5 Å². The number of anilines is 1. The van der Waals surface area contributed by atoms with Gasteiger partial charge in [0.1, 0.15) is 0 Å². The van der Waals surface area contributed by atoms with E-state index in [0.29, 0.717) is 5.02 Å². The molecule has 0 heterocycles. The van der Waals surface area contributed by atoms with Gasteiger partial charge in [-0.1, -0.05) is 45.7 Å². The normalized spacial score (nSPS) is 10.4. The van der Waals surface area contributed by atoms with Gasteiger partial charge in [-0.3, -0.25) is 4.79 Å². The quantitative estimate of drug-likeness (QED) is 0.836. The van der Waals surface area contributed by atoms with Crippen LogP contribution in [0.3, 0.4) is 0 Å². The monoisotopic (exact) mass is 351 g/mol. The predicted molar refractivity (Wildman–Crippen MR) is 87.4 cm³/mol. The molecule has 1 amide bonds. The number of amides is 1. The van der Waals surface area contributed by atoms with Crippen molar-refractivity contribution in [2.75, 3.05) is 5.32 Å². The van der Waals surface area contributed by atoms with Gasteiger partial charge in [-0.2, -0.15) is 0 Å². The zero-order valence-electron chi connectivity index (χ0n) is 11.3. The Morgan fingerprint density at radius 2 is 1.80 bits per heavy atom. The van der Waals surface area contributed by atoms with Crippen LogP contribution in [0.5, 0.6) is 0 Å². The number of carbonyl (C=O) groups excluding carboxylic acids is 1. The van der Waals surface area contributed by atoms with Crippen LogP contribution < -0.4 is 5.32 Å². The Morgan fingerprint density at radius 3 is 2.40 bits per heavy atom. The summed E-state index contributed by atoms with van der Waals surface area (Å²) in [6.45, 7) is 4.00. The third-order valence-electron chi connectivity index (χ3n) is 3.03. The lowest BCUT2D eigenvalue weighted by atomic mass is 10.1. The summed E-state index contributed by atoms with van der Waals surface area (Å²) in [4.78, 5) is 12.1. The largest absolute Gasteiger partial charge is 0.326 e. The molecule has 0 spiro atoms. The van der Waals surface area contributed by atoms with E-state index < -0.39 is 0 Å². The van der Waals surface area contributed by atoms with E-state index in [1.165, 1.54) is 0 Å². The second-order valence-corrected chi connectivity index (χ2v) is 5.94. The van der Waals surface area contributed by atoms with Crippen LogP contribution in [0.15, 0.2) is 40.9 Å². The predicted octanol–water partition coefficient (Wildman–Crippen LogP) is 4.90. The SMILES string of the molecule is Cc1cc(NC(=O)Cc2ccccc2Cl)cc(C)c1Br. The Balaban J connectivity index is 2.11. The van der Waals surface area contributed by atoms with Crippen LogP contribution in [0, 0.1) is 13.8 Å². The molecule has 4 heteroatoms. The van der Waals surface area contributed by atoms with Crippen molar-refractivity contribution in [3.63, 3.8) is 0 Å². The van der Waals surface area contributed by atoms with Crippen LogP contribution in [-0.4, -0.2) is 5.91 Å². The Morgan fingerprint density at radius 1 is 1.20 bits per heavy atom. The van der Waals surface area contributed by atoms with Crippen molar-refractivity contribution in [1.82, 2.24) is 0 Å². The van der Waals surface area contributed by atoms with Crippen molar-refractivity contribution < 1.29 is 4.79 Å². The van der Waals surface area contributed by atoms with Crippen molar-refractivity contribution in [3.8, 4) is 0 Å². The fraction of sp³-hybridized carbons (Fsp3) is 0.188. The summed E-state index contributed by atoms with van der Waals surface area (Å²) in [5.74, 6) is -0.0702. The standard InChI is InChI=1S/C16H15BrClNO/c1-10-7-13(8-11(2)16(10)17)19-15(20)9-12-5-3-4-6-14(12)18/h3-8H,9H2,1-2H3,(H,19,20). The van der Waals surface area contributed by atoms with Crippen molar-refractivity contribution in [1.29, 1.82) is 0 Å². The molecule has 0 radical (unpaired) electrons. The molecule has 2 rings (SSSR count). The highest BCUT2D eigenvalue weighted by Crippen LogP contribution is 2.25. The zero-order chi connectivity index (χ0) is 14.7. The first-order valence-corrected chi connectivity index (χ1v) is 7.44. The molecule has 104 valence electrons. The molecule has 0 aliphatic carbocycles. The summed E-state index contributed by atoms with van der Waals surface area (Å²) in [6, 6.07) is 11.3. The third kappa shape index (κ3) is 3.62. The second kappa shape index (κ2) is 6.42. The minimum Gasteiger partial charge on any atom is -0.326 e. The van der Waals surface area contributed by atoms with Crippen molar-refractivity contribution in [3.05, 3.63) is 62.6 Å². The lowest BCUT2D eigenvalue weighted by Crippen LogP contribution is -2.14. The molecule has 0 bridgehead atoms. The molecule has 0 saturated heterocycles. The molecule has 2 nitrogen and oxygen atoms in total. The van der Waals surface area contributed by atoms with Gasteiger partial charge in [0.2, 0.25) is 5.91 Å². The first-order chi connectivity index (χ1) is 9.47. The van der Waals surface area contributed by atoms with Gasteiger partial charge in [0.15, 0.2) is 0 Å². The number of rotatable bonds is 3. The molecule has 0 saturated carbocycles. The van der Waals surface area contributed by atoms with Crippen LogP contribution in [0.4, 0.5) is 5.69 Å². The van der Waals surface area contributed by atoms with Gasteiger partial charge in [-0.15, -0.1) is 0 Å². The van der Waals surface area contributed by atoms with E-state index in [1.807, 2.05) is 44.2 Å². The number of nitrogens with one attached hydrogen (secondary N) is 1. The van der Waals surface area contributed by atoms with Gasteiger partial charge in [0, 0.05) is 15.2 Å². The number of aryl methyl sites for hydroxylation is 2. The number of hydrogen-bond acceptors (Lipinski definition) is 1. The van der Waals surface area contributed by atoms with Crippen LogP contribution in [0.2, 0.25) is 5.02 Å². The minimum absolute atomic E-state index is 0.0702. The molecule has 0 aliphatic rings. The van der Waals surface area contributed by atoms with Crippen molar-refractivity contribution in [2.24, 2.45) is 0 Å². The highest BCUT2D eigenvalue weighted by atomic mass is 79.9. The summed E-state index contributed by atoms with van der Waals surface area (Å²) in [5, 5.41) is 3.52. The molecule has 2 aromatic rings. The number of carbonyl (C=O) groups is 1. The molecule has 0 atom stereocenters. The summed E-state index contributed by atoms with van der Waals surface area (Å²) < 4.78 is 1.07. The van der Waals surface area contributed by atoms with E-state index in [0.717, 1.165) is 26.9 Å². The first-order valence-electron chi connectivity index (χ1n) is 6.27. The molecule has 2 aromatic carbocycles. The van der Waals surface area contributed by atoms with E-state index >= 15 is 0 Å². The lowest BCUT2D eigenvalue weighted by Gasteiger charge is -2.10. The Hall–Kier alpha value is -1.32. The highest BCUT2D eigenvalue weighted by Gasteiger charge is 2.08. The van der Waals surface area contributed by atoms with E-state index in [-0.39, 0.29) is 12.3 Å². The average molecular weight is 353 g/mol. The molecule has 1 N–H and O–H groups in total. The lowest BCUT2D eigenvalue weighted by molar-refractivity contribution is -0.115. The Bertz CT molecular complexity index is 632. The van der Waals surface area contributed by atoms with Gasteiger partial charge < -0.3 is 5.32 Å². The van der Waals surface area contributed by atoms with Crippen LogP contribution in [-0.2, 0) is 11.2 Å². The third-order valence-corrected chi connectivity index (χ3v) is 4.65. The molecule has 0 aliphatic heterocycles. The number of benzene rings is 2. The molecule has 0 unspecified atom stereocenters. The topological polar surface area (TPSA) is 29.1 Å². The molecular weight excluding hydrogens is 338 g/mol. The van der Waals surface area contributed by atoms with Gasteiger partial charge in [0.25, 0.3) is 0 Å². The highest BCUT2D eigenvalue weighted by molar-refractivity contribution is 9.10. The van der Waals surface area contributed by atoms with Crippen molar-refractivity contribution in [2.45, 2.75) is 20.3 Å². The molecule has 0 aromatic heterocycles. The number of hydrogen-bond donors (Lipinski definition) is 1. The minimum atomic E-state index is -0.0702. The van der Waals surface area contributed by atoms with Crippen molar-refractivity contribution >= 4 is 39.1 Å². The zero-order valence-corrected chi connectivity index (χ0v) is 13.7. The fourth-order valence-electron chi connectivity index (χ4n) is 2.04. The van der Waals surface area contributed by atoms with Gasteiger partial charge in [-0.25, -0.2) is 0 Å². The molecular formula is C16H15BrClNO. The molecule has 0 fully saturated rings. The van der Waals surface area contributed by atoms with Gasteiger partial charge in [0.05, 0.1) is 6.42 Å². The van der Waals surface area contributed by atoms with Gasteiger partial charge in [-0.05, 0) is 48.7 Å².